The SMILES string of the molecule is Brc1ccccc1CC(CCc1cccs1)CNC1CC1. The van der Waals surface area contributed by atoms with Crippen molar-refractivity contribution in [3.05, 3.63) is 56.7 Å². The molecule has 0 spiro atoms. The lowest BCUT2D eigenvalue weighted by Crippen LogP contribution is -2.26. The van der Waals surface area contributed by atoms with Crippen LogP contribution in [0.4, 0.5) is 0 Å². The van der Waals surface area contributed by atoms with Crippen LogP contribution in [0.5, 0.6) is 0 Å². The number of benzene rings is 1. The highest BCUT2D eigenvalue weighted by atomic mass is 79.9. The van der Waals surface area contributed by atoms with Gasteiger partial charge in [0, 0.05) is 15.4 Å². The number of hydrogen-bond donors (Lipinski definition) is 1. The molecule has 1 saturated carbocycles. The third kappa shape index (κ3) is 4.94. The van der Waals surface area contributed by atoms with Crippen LogP contribution in [-0.4, -0.2) is 12.6 Å². The van der Waals surface area contributed by atoms with E-state index < -0.39 is 0 Å². The van der Waals surface area contributed by atoms with Crippen LogP contribution in [0.25, 0.3) is 0 Å². The molecular formula is C18H22BrNS. The summed E-state index contributed by atoms with van der Waals surface area (Å²) in [4.78, 5) is 1.51. The van der Waals surface area contributed by atoms with Gasteiger partial charge in [-0.25, -0.2) is 0 Å². The molecule has 0 saturated heterocycles. The lowest BCUT2D eigenvalue weighted by molar-refractivity contribution is 0.442. The molecule has 2 aromatic rings. The van der Waals surface area contributed by atoms with Crippen molar-refractivity contribution in [3.8, 4) is 0 Å². The molecule has 1 unspecified atom stereocenters. The summed E-state index contributed by atoms with van der Waals surface area (Å²) >= 11 is 5.57. The normalized spacial score (nSPS) is 16.0. The minimum atomic E-state index is 0.714. The third-order valence-electron chi connectivity index (χ3n) is 4.12. The molecule has 1 nitrogen and oxygen atoms in total. The summed E-state index contributed by atoms with van der Waals surface area (Å²) < 4.78 is 1.25. The van der Waals surface area contributed by atoms with Gasteiger partial charge in [0.25, 0.3) is 0 Å². The highest BCUT2D eigenvalue weighted by molar-refractivity contribution is 9.10. The van der Waals surface area contributed by atoms with Gasteiger partial charge < -0.3 is 5.32 Å². The summed E-state index contributed by atoms with van der Waals surface area (Å²) in [7, 11) is 0. The Morgan fingerprint density at radius 2 is 2.05 bits per heavy atom. The van der Waals surface area contributed by atoms with Crippen LogP contribution in [0.3, 0.4) is 0 Å². The van der Waals surface area contributed by atoms with Gasteiger partial charge in [0.2, 0.25) is 0 Å². The molecule has 1 aromatic heterocycles. The Balaban J connectivity index is 1.58. The van der Waals surface area contributed by atoms with Crippen molar-refractivity contribution in [3.63, 3.8) is 0 Å². The molecular weight excluding hydrogens is 342 g/mol. The molecule has 1 aromatic carbocycles. The van der Waals surface area contributed by atoms with Crippen molar-refractivity contribution in [1.82, 2.24) is 5.32 Å². The maximum atomic E-state index is 3.71. The Morgan fingerprint density at radius 1 is 1.19 bits per heavy atom. The Bertz CT molecular complexity index is 548. The minimum absolute atomic E-state index is 0.714. The standard InChI is InChI=1S/C18H22BrNS/c19-18-6-2-1-4-15(18)12-14(13-20-16-8-9-16)7-10-17-5-3-11-21-17/h1-6,11,14,16,20H,7-10,12-13H2. The topological polar surface area (TPSA) is 12.0 Å². The van der Waals surface area contributed by atoms with Gasteiger partial charge in [0.1, 0.15) is 0 Å². The Morgan fingerprint density at radius 3 is 2.76 bits per heavy atom. The second-order valence-electron chi connectivity index (χ2n) is 5.96. The summed E-state index contributed by atoms with van der Waals surface area (Å²) in [6.07, 6.45) is 6.37. The molecule has 3 heteroatoms. The highest BCUT2D eigenvalue weighted by Crippen LogP contribution is 2.24. The van der Waals surface area contributed by atoms with E-state index in [1.165, 1.54) is 40.6 Å². The molecule has 0 aliphatic heterocycles. The zero-order valence-corrected chi connectivity index (χ0v) is 14.6. The molecule has 0 amide bonds. The summed E-state index contributed by atoms with van der Waals surface area (Å²) in [6, 6.07) is 13.9. The number of hydrogen-bond acceptors (Lipinski definition) is 2. The first-order valence-corrected chi connectivity index (χ1v) is 9.47. The molecule has 0 bridgehead atoms. The maximum Gasteiger partial charge on any atom is 0.0207 e. The van der Waals surface area contributed by atoms with Gasteiger partial charge in [-0.3, -0.25) is 0 Å². The predicted molar refractivity (Wildman–Crippen MR) is 95.0 cm³/mol. The van der Waals surface area contributed by atoms with Crippen molar-refractivity contribution in [2.75, 3.05) is 6.54 Å². The van der Waals surface area contributed by atoms with E-state index in [0.717, 1.165) is 19.0 Å². The molecule has 1 heterocycles. The van der Waals surface area contributed by atoms with Crippen molar-refractivity contribution >= 4 is 27.3 Å². The first-order chi connectivity index (χ1) is 10.3. The quantitative estimate of drug-likeness (QED) is 0.691. The van der Waals surface area contributed by atoms with E-state index in [0.29, 0.717) is 5.92 Å². The molecule has 112 valence electrons. The van der Waals surface area contributed by atoms with Crippen molar-refractivity contribution in [2.24, 2.45) is 5.92 Å². The van der Waals surface area contributed by atoms with Gasteiger partial charge in [-0.2, -0.15) is 0 Å². The van der Waals surface area contributed by atoms with Gasteiger partial charge >= 0.3 is 0 Å². The van der Waals surface area contributed by atoms with E-state index in [2.05, 4.69) is 63.0 Å². The van der Waals surface area contributed by atoms with Crippen LogP contribution in [0.15, 0.2) is 46.3 Å². The molecule has 1 atom stereocenters. The fraction of sp³-hybridized carbons (Fsp3) is 0.444. The van der Waals surface area contributed by atoms with Gasteiger partial charge in [0.05, 0.1) is 0 Å². The first kappa shape index (κ1) is 15.3. The van der Waals surface area contributed by atoms with Crippen LogP contribution in [-0.2, 0) is 12.8 Å². The van der Waals surface area contributed by atoms with E-state index in [9.17, 15) is 0 Å². The number of halogens is 1. The van der Waals surface area contributed by atoms with E-state index in [1.54, 1.807) is 0 Å². The smallest absolute Gasteiger partial charge is 0.0207 e. The minimum Gasteiger partial charge on any atom is -0.314 e. The molecule has 0 radical (unpaired) electrons. The van der Waals surface area contributed by atoms with E-state index in [-0.39, 0.29) is 0 Å². The van der Waals surface area contributed by atoms with Crippen LogP contribution >= 0.6 is 27.3 Å². The zero-order chi connectivity index (χ0) is 14.5. The summed E-state index contributed by atoms with van der Waals surface area (Å²) in [5.74, 6) is 0.714. The first-order valence-electron chi connectivity index (χ1n) is 7.80. The Kier molecular flexibility index (Phi) is 5.50. The van der Waals surface area contributed by atoms with E-state index >= 15 is 0 Å². The molecule has 1 aliphatic rings. The summed E-state index contributed by atoms with van der Waals surface area (Å²) in [5.41, 5.74) is 1.44. The monoisotopic (exact) mass is 363 g/mol. The van der Waals surface area contributed by atoms with Gasteiger partial charge in [-0.15, -0.1) is 11.3 Å². The number of aryl methyl sites for hydroxylation is 1. The van der Waals surface area contributed by atoms with Gasteiger partial charge in [0.15, 0.2) is 0 Å². The van der Waals surface area contributed by atoms with Crippen LogP contribution in [0.2, 0.25) is 0 Å². The lowest BCUT2D eigenvalue weighted by atomic mass is 9.94. The largest absolute Gasteiger partial charge is 0.314 e. The van der Waals surface area contributed by atoms with Crippen molar-refractivity contribution in [2.45, 2.75) is 38.1 Å². The fourth-order valence-corrected chi connectivity index (χ4v) is 3.84. The molecule has 21 heavy (non-hydrogen) atoms. The number of rotatable bonds is 8. The lowest BCUT2D eigenvalue weighted by Gasteiger charge is -2.18. The third-order valence-corrected chi connectivity index (χ3v) is 5.83. The summed E-state index contributed by atoms with van der Waals surface area (Å²) in [6.45, 7) is 1.15. The highest BCUT2D eigenvalue weighted by Gasteiger charge is 2.22. The number of thiophene rings is 1. The second kappa shape index (κ2) is 7.57. The van der Waals surface area contributed by atoms with Gasteiger partial charge in [-0.05, 0) is 67.6 Å². The molecule has 1 N–H and O–H groups in total. The molecule has 3 rings (SSSR count). The molecule has 1 fully saturated rings. The van der Waals surface area contributed by atoms with Crippen LogP contribution < -0.4 is 5.32 Å². The zero-order valence-electron chi connectivity index (χ0n) is 12.2. The summed E-state index contributed by atoms with van der Waals surface area (Å²) in [5, 5.41) is 5.90. The number of nitrogens with one attached hydrogen (secondary N) is 1. The van der Waals surface area contributed by atoms with Gasteiger partial charge in [-0.1, -0.05) is 40.2 Å². The van der Waals surface area contributed by atoms with Crippen molar-refractivity contribution in [1.29, 1.82) is 0 Å². The average Bonchev–Trinajstić information content (AvgIpc) is 3.18. The Labute approximate surface area is 139 Å². The predicted octanol–water partition coefficient (Wildman–Crippen LogP) is 5.05. The van der Waals surface area contributed by atoms with E-state index in [1.807, 2.05) is 11.3 Å². The van der Waals surface area contributed by atoms with E-state index in [4.69, 9.17) is 0 Å². The maximum absolute atomic E-state index is 3.71. The average molecular weight is 364 g/mol. The van der Waals surface area contributed by atoms with Crippen LogP contribution in [0.1, 0.15) is 29.7 Å². The van der Waals surface area contributed by atoms with Crippen LogP contribution in [0, 0.1) is 5.92 Å². The van der Waals surface area contributed by atoms with Crippen molar-refractivity contribution < 1.29 is 0 Å². The second-order valence-corrected chi connectivity index (χ2v) is 7.85. The fourth-order valence-electron chi connectivity index (χ4n) is 2.67. The Hall–Kier alpha value is -0.640. The molecule has 1 aliphatic carbocycles.